The Morgan fingerprint density at radius 3 is 1.33 bits per heavy atom. The average Bonchev–Trinajstić information content (AvgIpc) is 2.37. The first-order valence-corrected chi connectivity index (χ1v) is 7.50. The highest BCUT2D eigenvalue weighted by atomic mass is 16.5. The molecule has 0 aliphatic heterocycles. The molecule has 0 saturated heterocycles. The lowest BCUT2D eigenvalue weighted by Crippen LogP contribution is -1.74. The van der Waals surface area contributed by atoms with Crippen molar-refractivity contribution in [3.63, 3.8) is 0 Å². The van der Waals surface area contributed by atoms with Crippen LogP contribution in [0.3, 0.4) is 0 Å². The molecule has 116 valence electrons. The van der Waals surface area contributed by atoms with Crippen LogP contribution in [0.15, 0.2) is 71.3 Å². The summed E-state index contributed by atoms with van der Waals surface area (Å²) in [6.07, 6.45) is 18.1. The van der Waals surface area contributed by atoms with Crippen LogP contribution < -0.4 is 0 Å². The molecule has 0 aromatic carbocycles. The van der Waals surface area contributed by atoms with Gasteiger partial charge in [-0.1, -0.05) is 46.6 Å². The lowest BCUT2D eigenvalue weighted by atomic mass is 10.2. The number of rotatable bonds is 8. The molecule has 0 atom stereocenters. The van der Waals surface area contributed by atoms with Crippen LogP contribution in [0.5, 0.6) is 0 Å². The zero-order valence-corrected chi connectivity index (χ0v) is 14.4. The summed E-state index contributed by atoms with van der Waals surface area (Å²) < 4.78 is 5.36. The van der Waals surface area contributed by atoms with E-state index < -0.39 is 0 Å². The molecule has 1 nitrogen and oxygen atoms in total. The third kappa shape index (κ3) is 14.5. The number of hydrogen-bond donors (Lipinski definition) is 0. The quantitative estimate of drug-likeness (QED) is 0.276. The maximum absolute atomic E-state index is 5.36. The van der Waals surface area contributed by atoms with E-state index in [4.69, 9.17) is 4.74 Å². The Hall–Kier alpha value is -1.76. The third-order valence-corrected chi connectivity index (χ3v) is 2.75. The van der Waals surface area contributed by atoms with Crippen LogP contribution in [-0.2, 0) is 4.74 Å². The van der Waals surface area contributed by atoms with Gasteiger partial charge in [0.05, 0.1) is 12.5 Å². The minimum Gasteiger partial charge on any atom is -0.473 e. The highest BCUT2D eigenvalue weighted by Gasteiger charge is 1.83. The van der Waals surface area contributed by atoms with E-state index in [2.05, 4.69) is 65.8 Å². The van der Waals surface area contributed by atoms with Crippen LogP contribution in [0.2, 0.25) is 0 Å². The Labute approximate surface area is 131 Å². The van der Waals surface area contributed by atoms with Gasteiger partial charge in [-0.3, -0.25) is 0 Å². The van der Waals surface area contributed by atoms with Crippen LogP contribution in [0, 0.1) is 0 Å². The van der Waals surface area contributed by atoms with Gasteiger partial charge in [0.15, 0.2) is 0 Å². The molecular formula is C20H30O. The van der Waals surface area contributed by atoms with Crippen molar-refractivity contribution in [3.05, 3.63) is 71.3 Å². The predicted molar refractivity (Wildman–Crippen MR) is 95.0 cm³/mol. The lowest BCUT2D eigenvalue weighted by Gasteiger charge is -1.94. The fourth-order valence-electron chi connectivity index (χ4n) is 1.44. The summed E-state index contributed by atoms with van der Waals surface area (Å²) in [6.45, 7) is 12.6. The maximum atomic E-state index is 5.36. The molecule has 0 unspecified atom stereocenters. The fraction of sp³-hybridized carbons (Fsp3) is 0.400. The van der Waals surface area contributed by atoms with Crippen molar-refractivity contribution in [3.8, 4) is 0 Å². The van der Waals surface area contributed by atoms with Gasteiger partial charge in [0.2, 0.25) is 0 Å². The van der Waals surface area contributed by atoms with Gasteiger partial charge in [-0.15, -0.1) is 0 Å². The van der Waals surface area contributed by atoms with Crippen LogP contribution in [0.25, 0.3) is 0 Å². The molecular weight excluding hydrogens is 256 g/mol. The Kier molecular flexibility index (Phi) is 11.0. The third-order valence-electron chi connectivity index (χ3n) is 2.75. The second-order valence-corrected chi connectivity index (χ2v) is 5.67. The highest BCUT2D eigenvalue weighted by molar-refractivity contribution is 5.18. The maximum Gasteiger partial charge on any atom is 0.0903 e. The highest BCUT2D eigenvalue weighted by Crippen LogP contribution is 2.03. The summed E-state index contributed by atoms with van der Waals surface area (Å²) >= 11 is 0. The molecule has 0 aromatic rings. The summed E-state index contributed by atoms with van der Waals surface area (Å²) in [6, 6.07) is 0. The van der Waals surface area contributed by atoms with E-state index in [0.717, 1.165) is 12.8 Å². The molecule has 0 saturated carbocycles. The van der Waals surface area contributed by atoms with E-state index in [1.54, 1.807) is 12.5 Å². The van der Waals surface area contributed by atoms with Gasteiger partial charge in [-0.05, 0) is 66.5 Å². The van der Waals surface area contributed by atoms with Crippen LogP contribution in [-0.4, -0.2) is 0 Å². The zero-order valence-electron chi connectivity index (χ0n) is 14.4. The smallest absolute Gasteiger partial charge is 0.0903 e. The average molecular weight is 286 g/mol. The van der Waals surface area contributed by atoms with Crippen molar-refractivity contribution < 1.29 is 4.74 Å². The second-order valence-electron chi connectivity index (χ2n) is 5.67. The van der Waals surface area contributed by atoms with Crippen molar-refractivity contribution in [1.29, 1.82) is 0 Å². The molecule has 0 N–H and O–H groups in total. The normalized spacial score (nSPS) is 12.9. The molecule has 0 aliphatic carbocycles. The Balaban J connectivity index is 4.12. The summed E-state index contributed by atoms with van der Waals surface area (Å²) in [5.41, 5.74) is 5.10. The van der Waals surface area contributed by atoms with Crippen LogP contribution in [0.4, 0.5) is 0 Å². The molecule has 0 heterocycles. The molecule has 0 radical (unpaired) electrons. The van der Waals surface area contributed by atoms with Crippen molar-refractivity contribution in [1.82, 2.24) is 0 Å². The fourth-order valence-corrected chi connectivity index (χ4v) is 1.44. The molecule has 0 bridgehead atoms. The van der Waals surface area contributed by atoms with E-state index in [0.29, 0.717) is 0 Å². The van der Waals surface area contributed by atoms with E-state index >= 15 is 0 Å². The van der Waals surface area contributed by atoms with Gasteiger partial charge in [0.25, 0.3) is 0 Å². The number of hydrogen-bond acceptors (Lipinski definition) is 1. The van der Waals surface area contributed by atoms with E-state index in [9.17, 15) is 0 Å². The minimum atomic E-state index is 0.973. The van der Waals surface area contributed by atoms with E-state index in [1.807, 2.05) is 12.2 Å². The van der Waals surface area contributed by atoms with Crippen molar-refractivity contribution in [2.75, 3.05) is 0 Å². The van der Waals surface area contributed by atoms with Crippen LogP contribution >= 0.6 is 0 Å². The molecule has 1 heteroatoms. The zero-order chi connectivity index (χ0) is 16.1. The van der Waals surface area contributed by atoms with Gasteiger partial charge >= 0.3 is 0 Å². The van der Waals surface area contributed by atoms with Crippen molar-refractivity contribution >= 4 is 0 Å². The van der Waals surface area contributed by atoms with E-state index in [1.165, 1.54) is 22.3 Å². The van der Waals surface area contributed by atoms with Crippen molar-refractivity contribution in [2.24, 2.45) is 0 Å². The molecule has 0 aromatic heterocycles. The van der Waals surface area contributed by atoms with Gasteiger partial charge in [0.1, 0.15) is 0 Å². The van der Waals surface area contributed by atoms with Gasteiger partial charge in [-0.25, -0.2) is 0 Å². The molecule has 0 fully saturated rings. The SMILES string of the molecule is CC(C)=CC/C=C(C)/C=C/O/C=C/C(C)=C/CC=C(C)C. The van der Waals surface area contributed by atoms with Crippen LogP contribution in [0.1, 0.15) is 54.4 Å². The first-order valence-electron chi connectivity index (χ1n) is 7.50. The first kappa shape index (κ1) is 19.2. The molecule has 0 rings (SSSR count). The lowest BCUT2D eigenvalue weighted by molar-refractivity contribution is 0.402. The summed E-state index contributed by atoms with van der Waals surface area (Å²) in [5, 5.41) is 0. The molecule has 0 amide bonds. The Morgan fingerprint density at radius 1 is 0.619 bits per heavy atom. The minimum absolute atomic E-state index is 0.973. The summed E-state index contributed by atoms with van der Waals surface area (Å²) in [4.78, 5) is 0. The largest absolute Gasteiger partial charge is 0.473 e. The first-order chi connectivity index (χ1) is 9.91. The monoisotopic (exact) mass is 286 g/mol. The number of allylic oxidation sites excluding steroid dienone is 10. The summed E-state index contributed by atoms with van der Waals surface area (Å²) in [7, 11) is 0. The van der Waals surface area contributed by atoms with Gasteiger partial charge < -0.3 is 4.74 Å². The van der Waals surface area contributed by atoms with Crippen molar-refractivity contribution in [2.45, 2.75) is 54.4 Å². The Bertz CT molecular complexity index is 416. The second kappa shape index (κ2) is 12.0. The Morgan fingerprint density at radius 2 is 1.00 bits per heavy atom. The standard InChI is InChI=1S/C20H30O/c1-17(2)9-7-11-19(5)13-15-21-16-14-20(6)12-8-10-18(3)4/h9-16H,7-8H2,1-6H3/b15-13+,16-14+,19-11+,20-12+. The van der Waals surface area contributed by atoms with Gasteiger partial charge in [-0.2, -0.15) is 0 Å². The van der Waals surface area contributed by atoms with E-state index in [-0.39, 0.29) is 0 Å². The van der Waals surface area contributed by atoms with Gasteiger partial charge in [0, 0.05) is 0 Å². The molecule has 0 spiro atoms. The topological polar surface area (TPSA) is 9.23 Å². The predicted octanol–water partition coefficient (Wildman–Crippen LogP) is 6.64. The summed E-state index contributed by atoms with van der Waals surface area (Å²) in [5.74, 6) is 0. The molecule has 0 aliphatic rings. The number of ether oxygens (including phenoxy) is 1. The molecule has 21 heavy (non-hydrogen) atoms.